The van der Waals surface area contributed by atoms with E-state index in [1.54, 1.807) is 0 Å². The molecule has 0 saturated heterocycles. The van der Waals surface area contributed by atoms with E-state index in [1.165, 1.54) is 5.56 Å². The van der Waals surface area contributed by atoms with Gasteiger partial charge in [0.05, 0.1) is 5.52 Å². The Morgan fingerprint density at radius 2 is 1.54 bits per heavy atom. The molecule has 26 heavy (non-hydrogen) atoms. The lowest BCUT2D eigenvalue weighted by Crippen LogP contribution is -2.18. The Labute approximate surface area is 161 Å². The normalized spacial score (nSPS) is 10.8. The molecule has 4 rings (SSSR count). The van der Waals surface area contributed by atoms with Gasteiger partial charge in [-0.2, -0.15) is 0 Å². The summed E-state index contributed by atoms with van der Waals surface area (Å²) >= 11 is 3.57. The van der Waals surface area contributed by atoms with Gasteiger partial charge >= 0.3 is 0 Å². The summed E-state index contributed by atoms with van der Waals surface area (Å²) in [4.78, 5) is 11.9. The maximum Gasteiger partial charge on any atom is 0.162 e. The van der Waals surface area contributed by atoms with Crippen LogP contribution in [0.3, 0.4) is 0 Å². The molecule has 1 heterocycles. The number of hydrogen-bond acceptors (Lipinski definition) is 3. The molecule has 3 nitrogen and oxygen atoms in total. The molecule has 4 heteroatoms. The highest BCUT2D eigenvalue weighted by Gasteiger charge is 2.13. The molecular weight excluding hydrogens is 386 g/mol. The van der Waals surface area contributed by atoms with Crippen LogP contribution in [0.2, 0.25) is 0 Å². The molecule has 0 spiro atoms. The third kappa shape index (κ3) is 3.46. The van der Waals surface area contributed by atoms with Gasteiger partial charge < -0.3 is 4.90 Å². The first-order valence-corrected chi connectivity index (χ1v) is 9.28. The zero-order chi connectivity index (χ0) is 17.9. The van der Waals surface area contributed by atoms with Crippen LogP contribution in [-0.2, 0) is 6.54 Å². The van der Waals surface area contributed by atoms with Gasteiger partial charge in [0, 0.05) is 29.0 Å². The van der Waals surface area contributed by atoms with E-state index in [9.17, 15) is 0 Å². The minimum absolute atomic E-state index is 0.746. The van der Waals surface area contributed by atoms with Crippen LogP contribution in [0.15, 0.2) is 83.3 Å². The van der Waals surface area contributed by atoms with E-state index in [4.69, 9.17) is 9.97 Å². The molecular formula is C22H18BrN3. The molecule has 128 valence electrons. The lowest BCUT2D eigenvalue weighted by molar-refractivity contribution is 0.902. The van der Waals surface area contributed by atoms with Crippen molar-refractivity contribution in [3.63, 3.8) is 0 Å². The summed E-state index contributed by atoms with van der Waals surface area (Å²) in [5.41, 5.74) is 3.21. The fourth-order valence-electron chi connectivity index (χ4n) is 3.02. The van der Waals surface area contributed by atoms with Crippen molar-refractivity contribution in [1.82, 2.24) is 9.97 Å². The Morgan fingerprint density at radius 3 is 2.27 bits per heavy atom. The number of halogens is 1. The highest BCUT2D eigenvalue weighted by atomic mass is 79.9. The standard InChI is InChI=1S/C22H18BrN3/c1-26(15-16-8-4-2-5-9-16)22-19-14-18(23)12-13-20(19)24-21(25-22)17-10-6-3-7-11-17/h2-14H,15H2,1H3. The van der Waals surface area contributed by atoms with Crippen LogP contribution in [0.25, 0.3) is 22.3 Å². The molecule has 0 atom stereocenters. The van der Waals surface area contributed by atoms with Crippen molar-refractivity contribution in [2.75, 3.05) is 11.9 Å². The number of benzene rings is 3. The Kier molecular flexibility index (Phi) is 4.67. The first kappa shape index (κ1) is 16.7. The van der Waals surface area contributed by atoms with E-state index in [-0.39, 0.29) is 0 Å². The molecule has 0 aliphatic rings. The van der Waals surface area contributed by atoms with Crippen molar-refractivity contribution in [1.29, 1.82) is 0 Å². The fraction of sp³-hybridized carbons (Fsp3) is 0.0909. The third-order valence-electron chi connectivity index (χ3n) is 4.29. The van der Waals surface area contributed by atoms with Crippen LogP contribution in [0, 0.1) is 0 Å². The van der Waals surface area contributed by atoms with E-state index in [1.807, 2.05) is 48.5 Å². The SMILES string of the molecule is CN(Cc1ccccc1)c1nc(-c2ccccc2)nc2ccc(Br)cc12. The quantitative estimate of drug-likeness (QED) is 0.437. The summed E-state index contributed by atoms with van der Waals surface area (Å²) in [7, 11) is 2.07. The molecule has 1 aromatic heterocycles. The Bertz CT molecular complexity index is 1030. The van der Waals surface area contributed by atoms with Gasteiger partial charge in [-0.3, -0.25) is 0 Å². The molecule has 0 aliphatic carbocycles. The number of nitrogens with zero attached hydrogens (tertiary/aromatic N) is 3. The molecule has 0 unspecified atom stereocenters. The van der Waals surface area contributed by atoms with E-state index >= 15 is 0 Å². The second-order valence-corrected chi connectivity index (χ2v) is 7.16. The summed E-state index contributed by atoms with van der Waals surface area (Å²) in [6.07, 6.45) is 0. The minimum atomic E-state index is 0.746. The zero-order valence-corrected chi connectivity index (χ0v) is 16.0. The molecule has 4 aromatic rings. The van der Waals surface area contributed by atoms with Crippen LogP contribution in [0.1, 0.15) is 5.56 Å². The van der Waals surface area contributed by atoms with Crippen molar-refractivity contribution in [2.24, 2.45) is 0 Å². The van der Waals surface area contributed by atoms with Crippen molar-refractivity contribution in [2.45, 2.75) is 6.54 Å². The number of rotatable bonds is 4. The lowest BCUT2D eigenvalue weighted by atomic mass is 10.1. The summed E-state index contributed by atoms with van der Waals surface area (Å²) in [6.45, 7) is 0.785. The zero-order valence-electron chi connectivity index (χ0n) is 14.4. The minimum Gasteiger partial charge on any atom is -0.355 e. The Morgan fingerprint density at radius 1 is 0.846 bits per heavy atom. The van der Waals surface area contributed by atoms with Crippen molar-refractivity contribution in [3.05, 3.63) is 88.9 Å². The molecule has 3 aromatic carbocycles. The second-order valence-electron chi connectivity index (χ2n) is 6.24. The number of hydrogen-bond donors (Lipinski definition) is 0. The van der Waals surface area contributed by atoms with E-state index < -0.39 is 0 Å². The number of aromatic nitrogens is 2. The Hall–Kier alpha value is -2.72. The molecule has 0 saturated carbocycles. The maximum absolute atomic E-state index is 4.90. The van der Waals surface area contributed by atoms with Gasteiger partial charge in [0.1, 0.15) is 5.82 Å². The van der Waals surface area contributed by atoms with Gasteiger partial charge in [0.15, 0.2) is 5.82 Å². The Balaban J connectivity index is 1.84. The van der Waals surface area contributed by atoms with Gasteiger partial charge in [0.2, 0.25) is 0 Å². The lowest BCUT2D eigenvalue weighted by Gasteiger charge is -2.21. The second kappa shape index (κ2) is 7.26. The summed E-state index contributed by atoms with van der Waals surface area (Å²) in [5.74, 6) is 1.68. The summed E-state index contributed by atoms with van der Waals surface area (Å²) in [6, 6.07) is 26.7. The van der Waals surface area contributed by atoms with Crippen molar-refractivity contribution in [3.8, 4) is 11.4 Å². The van der Waals surface area contributed by atoms with E-state index in [2.05, 4.69) is 58.2 Å². The summed E-state index contributed by atoms with van der Waals surface area (Å²) in [5, 5.41) is 1.04. The van der Waals surface area contributed by atoms with Crippen LogP contribution < -0.4 is 4.90 Å². The fourth-order valence-corrected chi connectivity index (χ4v) is 3.39. The van der Waals surface area contributed by atoms with Gasteiger partial charge in [-0.1, -0.05) is 76.6 Å². The monoisotopic (exact) mass is 403 g/mol. The van der Waals surface area contributed by atoms with Crippen LogP contribution in [0.5, 0.6) is 0 Å². The first-order chi connectivity index (χ1) is 12.7. The van der Waals surface area contributed by atoms with Gasteiger partial charge in [-0.15, -0.1) is 0 Å². The van der Waals surface area contributed by atoms with Crippen LogP contribution in [0.4, 0.5) is 5.82 Å². The van der Waals surface area contributed by atoms with Gasteiger partial charge in [-0.25, -0.2) is 9.97 Å². The smallest absolute Gasteiger partial charge is 0.162 e. The third-order valence-corrected chi connectivity index (χ3v) is 4.79. The molecule has 0 radical (unpaired) electrons. The highest BCUT2D eigenvalue weighted by Crippen LogP contribution is 2.30. The predicted molar refractivity (Wildman–Crippen MR) is 111 cm³/mol. The molecule has 0 amide bonds. The van der Waals surface area contributed by atoms with E-state index in [0.717, 1.165) is 39.1 Å². The van der Waals surface area contributed by atoms with Gasteiger partial charge in [-0.05, 0) is 23.8 Å². The first-order valence-electron chi connectivity index (χ1n) is 8.48. The summed E-state index contributed by atoms with van der Waals surface area (Å²) < 4.78 is 1.02. The van der Waals surface area contributed by atoms with Crippen molar-refractivity contribution < 1.29 is 0 Å². The highest BCUT2D eigenvalue weighted by molar-refractivity contribution is 9.10. The van der Waals surface area contributed by atoms with Gasteiger partial charge in [0.25, 0.3) is 0 Å². The topological polar surface area (TPSA) is 29.0 Å². The largest absolute Gasteiger partial charge is 0.355 e. The number of anilines is 1. The average molecular weight is 404 g/mol. The number of fused-ring (bicyclic) bond motifs is 1. The molecule has 0 bridgehead atoms. The molecule has 0 fully saturated rings. The van der Waals surface area contributed by atoms with Crippen molar-refractivity contribution >= 4 is 32.7 Å². The predicted octanol–water partition coefficient (Wildman–Crippen LogP) is 5.70. The maximum atomic E-state index is 4.90. The van der Waals surface area contributed by atoms with E-state index in [0.29, 0.717) is 0 Å². The molecule has 0 N–H and O–H groups in total. The average Bonchev–Trinajstić information content (AvgIpc) is 2.68. The van der Waals surface area contributed by atoms with Crippen LogP contribution >= 0.6 is 15.9 Å². The molecule has 0 aliphatic heterocycles. The van der Waals surface area contributed by atoms with Crippen LogP contribution in [-0.4, -0.2) is 17.0 Å².